The molecule has 0 aliphatic heterocycles. The molecule has 168 valence electrons. The van der Waals surface area contributed by atoms with Crippen LogP contribution in [-0.2, 0) is 0 Å². The van der Waals surface area contributed by atoms with Crippen LogP contribution in [0.5, 0.6) is 0 Å². The summed E-state index contributed by atoms with van der Waals surface area (Å²) >= 11 is 0. The minimum Gasteiger partial charge on any atom is -0.0622 e. The normalized spacial score (nSPS) is 11.3. The lowest BCUT2D eigenvalue weighted by Gasteiger charge is -2.13. The molecule has 0 saturated heterocycles. The highest BCUT2D eigenvalue weighted by atomic mass is 14.1. The molecule has 0 heterocycles. The standard InChI is InChI=1S/C36H24/c1-3-9-25(10-4-1)30-21-31(26-11-5-2-6-12-26)23-32(22-30)29-16-15-28-18-19-34-33-14-8-7-13-27(33)17-20-35(34)36(28)24-29/h1-24H. The van der Waals surface area contributed by atoms with Gasteiger partial charge in [0.25, 0.3) is 0 Å². The van der Waals surface area contributed by atoms with E-state index in [2.05, 4.69) is 146 Å². The van der Waals surface area contributed by atoms with Crippen LogP contribution in [0, 0.1) is 0 Å². The highest BCUT2D eigenvalue weighted by Crippen LogP contribution is 2.36. The first-order chi connectivity index (χ1) is 17.8. The number of hydrogen-bond donors (Lipinski definition) is 0. The fourth-order valence-corrected chi connectivity index (χ4v) is 5.39. The highest BCUT2D eigenvalue weighted by Gasteiger charge is 2.10. The average Bonchev–Trinajstić information content (AvgIpc) is 2.97. The second-order valence-electron chi connectivity index (χ2n) is 9.41. The van der Waals surface area contributed by atoms with Gasteiger partial charge in [-0.25, -0.2) is 0 Å². The van der Waals surface area contributed by atoms with Crippen molar-refractivity contribution in [2.45, 2.75) is 0 Å². The van der Waals surface area contributed by atoms with Gasteiger partial charge in [-0.05, 0) is 90.0 Å². The molecule has 7 rings (SSSR count). The van der Waals surface area contributed by atoms with E-state index in [1.54, 1.807) is 0 Å². The van der Waals surface area contributed by atoms with Gasteiger partial charge in [0.05, 0.1) is 0 Å². The zero-order chi connectivity index (χ0) is 23.9. The summed E-state index contributed by atoms with van der Waals surface area (Å²) in [5, 5.41) is 7.76. The Labute approximate surface area is 211 Å². The van der Waals surface area contributed by atoms with Crippen LogP contribution < -0.4 is 0 Å². The predicted octanol–water partition coefficient (Wildman–Crippen LogP) is 10.1. The SMILES string of the molecule is c1ccc(-c2cc(-c3ccccc3)cc(-c3ccc4ccc5c6ccccc6ccc5c4c3)c2)cc1. The summed E-state index contributed by atoms with van der Waals surface area (Å²) in [5.41, 5.74) is 7.39. The van der Waals surface area contributed by atoms with E-state index < -0.39 is 0 Å². The van der Waals surface area contributed by atoms with Crippen molar-refractivity contribution >= 4 is 32.3 Å². The molecule has 0 N–H and O–H groups in total. The quantitative estimate of drug-likeness (QED) is 0.232. The predicted molar refractivity (Wildman–Crippen MR) is 155 cm³/mol. The molecule has 0 atom stereocenters. The molecular weight excluding hydrogens is 432 g/mol. The molecule has 0 saturated carbocycles. The maximum atomic E-state index is 2.37. The third kappa shape index (κ3) is 3.56. The summed E-state index contributed by atoms with van der Waals surface area (Å²) in [7, 11) is 0. The summed E-state index contributed by atoms with van der Waals surface area (Å²) in [6, 6.07) is 52.9. The van der Waals surface area contributed by atoms with E-state index in [0.717, 1.165) is 0 Å². The van der Waals surface area contributed by atoms with Crippen LogP contribution in [0.3, 0.4) is 0 Å². The van der Waals surface area contributed by atoms with Crippen LogP contribution >= 0.6 is 0 Å². The molecule has 0 heteroatoms. The first-order valence-corrected chi connectivity index (χ1v) is 12.4. The van der Waals surface area contributed by atoms with Crippen molar-refractivity contribution in [2.24, 2.45) is 0 Å². The largest absolute Gasteiger partial charge is 0.0622 e. The molecule has 0 nitrogen and oxygen atoms in total. The summed E-state index contributed by atoms with van der Waals surface area (Å²) < 4.78 is 0. The summed E-state index contributed by atoms with van der Waals surface area (Å²) in [6.45, 7) is 0. The van der Waals surface area contributed by atoms with Gasteiger partial charge in [-0.2, -0.15) is 0 Å². The zero-order valence-electron chi connectivity index (χ0n) is 19.9. The summed E-state index contributed by atoms with van der Waals surface area (Å²) in [5.74, 6) is 0. The molecule has 7 aromatic carbocycles. The van der Waals surface area contributed by atoms with Crippen LogP contribution in [0.2, 0.25) is 0 Å². The lowest BCUT2D eigenvalue weighted by atomic mass is 9.91. The number of hydrogen-bond acceptors (Lipinski definition) is 0. The van der Waals surface area contributed by atoms with Crippen LogP contribution in [0.15, 0.2) is 146 Å². The van der Waals surface area contributed by atoms with Crippen molar-refractivity contribution < 1.29 is 0 Å². The van der Waals surface area contributed by atoms with E-state index in [4.69, 9.17) is 0 Å². The molecule has 0 aliphatic carbocycles. The molecule has 0 radical (unpaired) electrons. The Balaban J connectivity index is 1.47. The van der Waals surface area contributed by atoms with Gasteiger partial charge in [-0.15, -0.1) is 0 Å². The lowest BCUT2D eigenvalue weighted by Crippen LogP contribution is -1.87. The third-order valence-corrected chi connectivity index (χ3v) is 7.22. The van der Waals surface area contributed by atoms with Crippen LogP contribution in [0.4, 0.5) is 0 Å². The van der Waals surface area contributed by atoms with E-state index in [0.29, 0.717) is 0 Å². The topological polar surface area (TPSA) is 0 Å². The van der Waals surface area contributed by atoms with Gasteiger partial charge in [0, 0.05) is 0 Å². The van der Waals surface area contributed by atoms with Crippen molar-refractivity contribution in [1.82, 2.24) is 0 Å². The van der Waals surface area contributed by atoms with Crippen molar-refractivity contribution in [3.63, 3.8) is 0 Å². The highest BCUT2D eigenvalue weighted by molar-refractivity contribution is 6.17. The third-order valence-electron chi connectivity index (χ3n) is 7.22. The molecule has 0 aromatic heterocycles. The van der Waals surface area contributed by atoms with Crippen molar-refractivity contribution in [1.29, 1.82) is 0 Å². The maximum Gasteiger partial charge on any atom is -0.00987 e. The first kappa shape index (κ1) is 20.7. The fourth-order valence-electron chi connectivity index (χ4n) is 5.39. The van der Waals surface area contributed by atoms with E-state index >= 15 is 0 Å². The lowest BCUT2D eigenvalue weighted by molar-refractivity contribution is 1.57. The Kier molecular flexibility index (Phi) is 4.89. The number of benzene rings is 7. The number of rotatable bonds is 3. The summed E-state index contributed by atoms with van der Waals surface area (Å²) in [6.07, 6.45) is 0. The van der Waals surface area contributed by atoms with Gasteiger partial charge in [-0.1, -0.05) is 121 Å². The van der Waals surface area contributed by atoms with Crippen LogP contribution in [-0.4, -0.2) is 0 Å². The molecule has 0 unspecified atom stereocenters. The molecule has 0 bridgehead atoms. The van der Waals surface area contributed by atoms with Gasteiger partial charge in [0.2, 0.25) is 0 Å². The minimum atomic E-state index is 1.23. The monoisotopic (exact) mass is 456 g/mol. The Morgan fingerprint density at radius 3 is 1.33 bits per heavy atom. The fraction of sp³-hybridized carbons (Fsp3) is 0. The smallest absolute Gasteiger partial charge is 0.00987 e. The van der Waals surface area contributed by atoms with Crippen LogP contribution in [0.25, 0.3) is 65.7 Å². The van der Waals surface area contributed by atoms with E-state index in [1.807, 2.05) is 0 Å². The average molecular weight is 457 g/mol. The van der Waals surface area contributed by atoms with Crippen molar-refractivity contribution in [2.75, 3.05) is 0 Å². The van der Waals surface area contributed by atoms with Gasteiger partial charge in [0.1, 0.15) is 0 Å². The maximum absolute atomic E-state index is 2.37. The molecule has 0 amide bonds. The van der Waals surface area contributed by atoms with Crippen molar-refractivity contribution in [3.05, 3.63) is 146 Å². The second kappa shape index (κ2) is 8.52. The molecule has 36 heavy (non-hydrogen) atoms. The Morgan fingerprint density at radius 2 is 0.694 bits per heavy atom. The Bertz CT molecular complexity index is 1800. The molecule has 7 aromatic rings. The Morgan fingerprint density at radius 1 is 0.222 bits per heavy atom. The van der Waals surface area contributed by atoms with Gasteiger partial charge < -0.3 is 0 Å². The number of fused-ring (bicyclic) bond motifs is 5. The van der Waals surface area contributed by atoms with E-state index in [9.17, 15) is 0 Å². The molecular formula is C36H24. The Hall–Kier alpha value is -4.68. The molecule has 0 aliphatic rings. The summed E-state index contributed by atoms with van der Waals surface area (Å²) in [4.78, 5) is 0. The zero-order valence-corrected chi connectivity index (χ0v) is 19.9. The van der Waals surface area contributed by atoms with Gasteiger partial charge >= 0.3 is 0 Å². The van der Waals surface area contributed by atoms with Gasteiger partial charge in [0.15, 0.2) is 0 Å². The minimum absolute atomic E-state index is 1.23. The van der Waals surface area contributed by atoms with Crippen LogP contribution in [0.1, 0.15) is 0 Å². The molecule has 0 spiro atoms. The first-order valence-electron chi connectivity index (χ1n) is 12.4. The second-order valence-corrected chi connectivity index (χ2v) is 9.41. The van der Waals surface area contributed by atoms with E-state index in [1.165, 1.54) is 65.7 Å². The van der Waals surface area contributed by atoms with E-state index in [-0.39, 0.29) is 0 Å². The molecule has 0 fully saturated rings. The van der Waals surface area contributed by atoms with Crippen molar-refractivity contribution in [3.8, 4) is 33.4 Å². The van der Waals surface area contributed by atoms with Gasteiger partial charge in [-0.3, -0.25) is 0 Å².